The van der Waals surface area contributed by atoms with E-state index >= 15 is 0 Å². The molecule has 0 N–H and O–H groups in total. The fraction of sp³-hybridized carbons (Fsp3) is 0.632. The summed E-state index contributed by atoms with van der Waals surface area (Å²) in [6.45, 7) is 3.42. The molecule has 2 aliphatic heterocycles. The topological polar surface area (TPSA) is 53.5 Å². The Bertz CT molecular complexity index is 619. The van der Waals surface area contributed by atoms with Crippen LogP contribution in [0.3, 0.4) is 0 Å². The van der Waals surface area contributed by atoms with Gasteiger partial charge in [0.25, 0.3) is 0 Å². The second kappa shape index (κ2) is 6.19. The normalized spacial score (nSPS) is 23.1. The first-order valence-electron chi connectivity index (χ1n) is 9.09. The molecule has 128 valence electrons. The molecule has 1 saturated carbocycles. The molecule has 0 unspecified atom stereocenters. The van der Waals surface area contributed by atoms with Crippen LogP contribution in [0, 0.1) is 11.3 Å². The second-order valence-electron chi connectivity index (χ2n) is 7.77. The Morgan fingerprint density at radius 3 is 2.71 bits per heavy atom. The smallest absolute Gasteiger partial charge is 0.228 e. The zero-order valence-corrected chi connectivity index (χ0v) is 14.1. The van der Waals surface area contributed by atoms with Crippen LogP contribution in [-0.2, 0) is 16.0 Å². The van der Waals surface area contributed by atoms with Crippen LogP contribution in [0.5, 0.6) is 0 Å². The van der Waals surface area contributed by atoms with E-state index in [1.807, 2.05) is 23.1 Å². The Morgan fingerprint density at radius 2 is 2.04 bits per heavy atom. The number of nitrogens with zero attached hydrogens (tertiary/aromatic N) is 3. The van der Waals surface area contributed by atoms with Gasteiger partial charge in [-0.05, 0) is 43.7 Å². The molecule has 0 atom stereocenters. The molecular weight excluding hydrogens is 302 g/mol. The molecule has 2 amide bonds. The number of amides is 2. The molecule has 3 aliphatic rings. The van der Waals surface area contributed by atoms with Gasteiger partial charge >= 0.3 is 0 Å². The molecule has 0 bridgehead atoms. The van der Waals surface area contributed by atoms with Crippen molar-refractivity contribution in [3.63, 3.8) is 0 Å². The van der Waals surface area contributed by atoms with Crippen LogP contribution in [0.1, 0.15) is 37.8 Å². The lowest BCUT2D eigenvalue weighted by Crippen LogP contribution is -2.45. The van der Waals surface area contributed by atoms with E-state index in [2.05, 4.69) is 9.88 Å². The minimum Gasteiger partial charge on any atom is -0.342 e. The highest BCUT2D eigenvalue weighted by atomic mass is 16.2. The van der Waals surface area contributed by atoms with Gasteiger partial charge in [-0.1, -0.05) is 6.07 Å². The summed E-state index contributed by atoms with van der Waals surface area (Å²) in [7, 11) is 0. The van der Waals surface area contributed by atoms with Crippen molar-refractivity contribution in [3.8, 4) is 0 Å². The Hall–Kier alpha value is -1.91. The van der Waals surface area contributed by atoms with Crippen LogP contribution < -0.4 is 0 Å². The van der Waals surface area contributed by atoms with Crippen LogP contribution in [0.4, 0.5) is 0 Å². The fourth-order valence-corrected chi connectivity index (χ4v) is 4.09. The number of carbonyl (C=O) groups excluding carboxylic acids is 2. The lowest BCUT2D eigenvalue weighted by atomic mass is 9.77. The predicted molar refractivity (Wildman–Crippen MR) is 90.1 cm³/mol. The maximum atomic E-state index is 12.5. The molecule has 3 fully saturated rings. The Balaban J connectivity index is 1.31. The largest absolute Gasteiger partial charge is 0.342 e. The van der Waals surface area contributed by atoms with Crippen LogP contribution in [-0.4, -0.2) is 52.8 Å². The summed E-state index contributed by atoms with van der Waals surface area (Å²) in [6, 6.07) is 5.68. The van der Waals surface area contributed by atoms with E-state index in [4.69, 9.17) is 0 Å². The van der Waals surface area contributed by atoms with E-state index in [-0.39, 0.29) is 11.3 Å². The van der Waals surface area contributed by atoms with Crippen LogP contribution >= 0.6 is 0 Å². The summed E-state index contributed by atoms with van der Waals surface area (Å²) in [6.07, 6.45) is 7.26. The number of aromatic nitrogens is 1. The third-order valence-corrected chi connectivity index (χ3v) is 5.82. The van der Waals surface area contributed by atoms with Crippen LogP contribution in [0.15, 0.2) is 24.4 Å². The van der Waals surface area contributed by atoms with Crippen molar-refractivity contribution in [2.75, 3.05) is 26.2 Å². The minimum atomic E-state index is 0.119. The number of likely N-dealkylation sites (tertiary alicyclic amines) is 2. The first kappa shape index (κ1) is 15.6. The minimum absolute atomic E-state index is 0.119. The summed E-state index contributed by atoms with van der Waals surface area (Å²) < 4.78 is 0. The number of rotatable bonds is 4. The van der Waals surface area contributed by atoms with Gasteiger partial charge in [-0.2, -0.15) is 0 Å². The molecule has 0 aromatic carbocycles. The quantitative estimate of drug-likeness (QED) is 0.848. The monoisotopic (exact) mass is 327 g/mol. The summed E-state index contributed by atoms with van der Waals surface area (Å²) in [5.74, 6) is 1.24. The molecule has 5 nitrogen and oxygen atoms in total. The highest BCUT2D eigenvalue weighted by Crippen LogP contribution is 2.42. The maximum Gasteiger partial charge on any atom is 0.228 e. The van der Waals surface area contributed by atoms with Gasteiger partial charge in [-0.15, -0.1) is 0 Å². The molecule has 3 heterocycles. The number of hydrogen-bond acceptors (Lipinski definition) is 3. The van der Waals surface area contributed by atoms with Crippen LogP contribution in [0.2, 0.25) is 0 Å². The van der Waals surface area contributed by atoms with Crippen molar-refractivity contribution >= 4 is 11.8 Å². The van der Waals surface area contributed by atoms with Crippen molar-refractivity contribution in [1.29, 1.82) is 0 Å². The summed E-state index contributed by atoms with van der Waals surface area (Å²) in [4.78, 5) is 33.0. The van der Waals surface area contributed by atoms with Gasteiger partial charge in [0.15, 0.2) is 0 Å². The lowest BCUT2D eigenvalue weighted by Gasteiger charge is -2.38. The average Bonchev–Trinajstić information content (AvgIpc) is 3.34. The van der Waals surface area contributed by atoms with Crippen molar-refractivity contribution in [2.24, 2.45) is 11.3 Å². The highest BCUT2D eigenvalue weighted by Gasteiger charge is 2.46. The number of piperidine rings is 1. The molecule has 1 aromatic heterocycles. The third kappa shape index (κ3) is 3.30. The van der Waals surface area contributed by atoms with Gasteiger partial charge < -0.3 is 9.80 Å². The molecule has 4 rings (SSSR count). The van der Waals surface area contributed by atoms with Gasteiger partial charge in [0.1, 0.15) is 0 Å². The molecule has 2 saturated heterocycles. The van der Waals surface area contributed by atoms with E-state index in [0.717, 1.165) is 50.6 Å². The Kier molecular flexibility index (Phi) is 4.02. The molecule has 1 aromatic rings. The number of pyridine rings is 1. The number of carbonyl (C=O) groups is 2. The van der Waals surface area contributed by atoms with E-state index < -0.39 is 0 Å². The zero-order valence-electron chi connectivity index (χ0n) is 14.1. The summed E-state index contributed by atoms with van der Waals surface area (Å²) in [5.41, 5.74) is 0.947. The predicted octanol–water partition coefficient (Wildman–Crippen LogP) is 1.88. The van der Waals surface area contributed by atoms with Crippen molar-refractivity contribution in [3.05, 3.63) is 30.1 Å². The molecule has 1 aliphatic carbocycles. The van der Waals surface area contributed by atoms with Gasteiger partial charge in [0, 0.05) is 49.9 Å². The maximum absolute atomic E-state index is 12.5. The van der Waals surface area contributed by atoms with E-state index in [1.54, 1.807) is 6.20 Å². The van der Waals surface area contributed by atoms with E-state index in [9.17, 15) is 9.59 Å². The van der Waals surface area contributed by atoms with Crippen molar-refractivity contribution in [2.45, 2.75) is 38.5 Å². The molecular formula is C19H25N3O2. The lowest BCUT2D eigenvalue weighted by molar-refractivity contribution is -0.132. The van der Waals surface area contributed by atoms with Crippen molar-refractivity contribution in [1.82, 2.24) is 14.8 Å². The Labute approximate surface area is 143 Å². The summed E-state index contributed by atoms with van der Waals surface area (Å²) in [5, 5.41) is 0. The molecule has 0 radical (unpaired) electrons. The molecule has 24 heavy (non-hydrogen) atoms. The first-order chi connectivity index (χ1) is 11.6. The van der Waals surface area contributed by atoms with E-state index in [0.29, 0.717) is 18.7 Å². The molecule has 5 heteroatoms. The van der Waals surface area contributed by atoms with E-state index in [1.165, 1.54) is 12.8 Å². The standard InChI is InChI=1S/C19H25N3O2/c23-17(11-16-3-1-2-8-20-16)21-9-6-19(7-10-21)12-18(24)22(14-19)13-15-4-5-15/h1-3,8,15H,4-7,9-14H2. The zero-order chi connectivity index (χ0) is 16.6. The third-order valence-electron chi connectivity index (χ3n) is 5.82. The van der Waals surface area contributed by atoms with Gasteiger partial charge in [0.05, 0.1) is 6.42 Å². The van der Waals surface area contributed by atoms with Crippen LogP contribution in [0.25, 0.3) is 0 Å². The highest BCUT2D eigenvalue weighted by molar-refractivity contribution is 5.80. The van der Waals surface area contributed by atoms with Gasteiger partial charge in [-0.25, -0.2) is 0 Å². The second-order valence-corrected chi connectivity index (χ2v) is 7.77. The number of hydrogen-bond donors (Lipinski definition) is 0. The SMILES string of the molecule is O=C(Cc1ccccn1)N1CCC2(CC1)CC(=O)N(CC1CC1)C2. The first-order valence-corrected chi connectivity index (χ1v) is 9.09. The van der Waals surface area contributed by atoms with Crippen molar-refractivity contribution < 1.29 is 9.59 Å². The van der Waals surface area contributed by atoms with Gasteiger partial charge in [0.2, 0.25) is 11.8 Å². The molecule has 1 spiro atoms. The average molecular weight is 327 g/mol. The Morgan fingerprint density at radius 1 is 1.25 bits per heavy atom. The fourth-order valence-electron chi connectivity index (χ4n) is 4.09. The summed E-state index contributed by atoms with van der Waals surface area (Å²) >= 11 is 0. The van der Waals surface area contributed by atoms with Gasteiger partial charge in [-0.3, -0.25) is 14.6 Å².